The lowest BCUT2D eigenvalue weighted by atomic mass is 10.6. The molecule has 1 unspecified atom stereocenters. The zero-order valence-corrected chi connectivity index (χ0v) is 11.0. The molecule has 1 atom stereocenters. The second-order valence-corrected chi connectivity index (χ2v) is 5.79. The Labute approximate surface area is 106 Å². The molecule has 90 valence electrons. The number of hydrogen-bond acceptors (Lipinski definition) is 5. The predicted molar refractivity (Wildman–Crippen MR) is 67.6 cm³/mol. The number of hydrogen-bond donors (Lipinski definition) is 0. The molecule has 0 aliphatic carbocycles. The van der Waals surface area contributed by atoms with Crippen molar-refractivity contribution in [2.24, 2.45) is 0 Å². The standard InChI is InChI=1S/C11H12N2O2S2/c1-2-15-10-5-6-12-9(13-10)8-17(14)11-4-3-7-16-11/h3-7H,2,8H2,1H3. The summed E-state index contributed by atoms with van der Waals surface area (Å²) >= 11 is 1.48. The molecule has 0 aliphatic rings. The van der Waals surface area contributed by atoms with Crippen LogP contribution < -0.4 is 4.74 Å². The van der Waals surface area contributed by atoms with Gasteiger partial charge in [-0.15, -0.1) is 11.3 Å². The first kappa shape index (κ1) is 12.2. The first-order valence-corrected chi connectivity index (χ1v) is 7.36. The number of thiophene rings is 1. The van der Waals surface area contributed by atoms with Gasteiger partial charge in [0.05, 0.1) is 27.4 Å². The number of rotatable bonds is 5. The summed E-state index contributed by atoms with van der Waals surface area (Å²) in [7, 11) is -1.08. The third-order valence-electron chi connectivity index (χ3n) is 1.95. The molecule has 2 rings (SSSR count). The molecule has 0 N–H and O–H groups in total. The van der Waals surface area contributed by atoms with Crippen molar-refractivity contribution in [1.29, 1.82) is 0 Å². The van der Waals surface area contributed by atoms with Gasteiger partial charge in [-0.1, -0.05) is 6.07 Å². The van der Waals surface area contributed by atoms with Crippen LogP contribution in [0, 0.1) is 0 Å². The van der Waals surface area contributed by atoms with E-state index in [-0.39, 0.29) is 0 Å². The van der Waals surface area contributed by atoms with Crippen molar-refractivity contribution < 1.29 is 8.95 Å². The lowest BCUT2D eigenvalue weighted by Crippen LogP contribution is -2.02. The molecular formula is C11H12N2O2S2. The summed E-state index contributed by atoms with van der Waals surface area (Å²) in [5.41, 5.74) is 0. The molecule has 0 aliphatic heterocycles. The van der Waals surface area contributed by atoms with E-state index < -0.39 is 10.8 Å². The van der Waals surface area contributed by atoms with Crippen molar-refractivity contribution in [1.82, 2.24) is 9.97 Å². The van der Waals surface area contributed by atoms with Gasteiger partial charge < -0.3 is 4.74 Å². The Morgan fingerprint density at radius 1 is 1.47 bits per heavy atom. The molecule has 0 spiro atoms. The summed E-state index contributed by atoms with van der Waals surface area (Å²) < 4.78 is 18.1. The minimum absolute atomic E-state index is 0.321. The maximum absolute atomic E-state index is 11.9. The monoisotopic (exact) mass is 268 g/mol. The van der Waals surface area contributed by atoms with E-state index in [1.807, 2.05) is 24.4 Å². The molecule has 0 fully saturated rings. The van der Waals surface area contributed by atoms with Crippen LogP contribution in [0.25, 0.3) is 0 Å². The van der Waals surface area contributed by atoms with Crippen LogP contribution >= 0.6 is 11.3 Å². The summed E-state index contributed by atoms with van der Waals surface area (Å²) in [5.74, 6) is 1.39. The third-order valence-corrected chi connectivity index (χ3v) is 4.57. The van der Waals surface area contributed by atoms with Crippen molar-refractivity contribution >= 4 is 22.1 Å². The van der Waals surface area contributed by atoms with E-state index in [9.17, 15) is 4.21 Å². The van der Waals surface area contributed by atoms with E-state index in [1.165, 1.54) is 11.3 Å². The van der Waals surface area contributed by atoms with Crippen LogP contribution in [0.3, 0.4) is 0 Å². The normalized spacial score (nSPS) is 12.3. The van der Waals surface area contributed by atoms with Gasteiger partial charge in [-0.05, 0) is 18.4 Å². The molecule has 0 aromatic carbocycles. The summed E-state index contributed by atoms with van der Waals surface area (Å²) in [6.07, 6.45) is 1.62. The van der Waals surface area contributed by atoms with Crippen molar-refractivity contribution in [3.05, 3.63) is 35.6 Å². The Hall–Kier alpha value is -1.27. The van der Waals surface area contributed by atoms with Crippen molar-refractivity contribution in [3.8, 4) is 5.88 Å². The lowest BCUT2D eigenvalue weighted by Gasteiger charge is -2.03. The quantitative estimate of drug-likeness (QED) is 0.834. The third kappa shape index (κ3) is 3.34. The van der Waals surface area contributed by atoms with Crippen LogP contribution in [-0.4, -0.2) is 20.8 Å². The molecule has 4 nitrogen and oxygen atoms in total. The van der Waals surface area contributed by atoms with E-state index in [4.69, 9.17) is 4.74 Å². The molecule has 0 saturated carbocycles. The first-order valence-electron chi connectivity index (χ1n) is 5.16. The van der Waals surface area contributed by atoms with Crippen molar-refractivity contribution in [2.45, 2.75) is 16.9 Å². The lowest BCUT2D eigenvalue weighted by molar-refractivity contribution is 0.325. The van der Waals surface area contributed by atoms with Crippen LogP contribution in [-0.2, 0) is 16.6 Å². The van der Waals surface area contributed by atoms with Gasteiger partial charge in [-0.25, -0.2) is 4.98 Å². The minimum Gasteiger partial charge on any atom is -0.478 e. The fraction of sp³-hybridized carbons (Fsp3) is 0.273. The largest absolute Gasteiger partial charge is 0.478 e. The highest BCUT2D eigenvalue weighted by molar-refractivity contribution is 7.86. The summed E-state index contributed by atoms with van der Waals surface area (Å²) in [4.78, 5) is 8.28. The highest BCUT2D eigenvalue weighted by Gasteiger charge is 2.08. The number of nitrogens with zero attached hydrogens (tertiary/aromatic N) is 2. The highest BCUT2D eigenvalue weighted by atomic mass is 32.2. The van der Waals surface area contributed by atoms with Gasteiger partial charge in [-0.3, -0.25) is 4.21 Å². The van der Waals surface area contributed by atoms with Crippen LogP contribution in [0.15, 0.2) is 34.0 Å². The van der Waals surface area contributed by atoms with Gasteiger partial charge in [0, 0.05) is 12.3 Å². The molecule has 2 heterocycles. The fourth-order valence-corrected chi connectivity index (χ4v) is 3.23. The Morgan fingerprint density at radius 2 is 2.35 bits per heavy atom. The molecule has 0 bridgehead atoms. The first-order chi connectivity index (χ1) is 8.29. The predicted octanol–water partition coefficient (Wildman–Crippen LogP) is 2.24. The Balaban J connectivity index is 2.08. The van der Waals surface area contributed by atoms with Gasteiger partial charge in [0.1, 0.15) is 5.82 Å². The van der Waals surface area contributed by atoms with E-state index in [2.05, 4.69) is 9.97 Å². The molecule has 2 aromatic heterocycles. The zero-order valence-electron chi connectivity index (χ0n) is 9.33. The molecule has 0 radical (unpaired) electrons. The van der Waals surface area contributed by atoms with Crippen LogP contribution in [0.1, 0.15) is 12.7 Å². The van der Waals surface area contributed by atoms with E-state index in [1.54, 1.807) is 12.3 Å². The van der Waals surface area contributed by atoms with Gasteiger partial charge >= 0.3 is 0 Å². The second-order valence-electron chi connectivity index (χ2n) is 3.17. The van der Waals surface area contributed by atoms with Gasteiger partial charge in [0.25, 0.3) is 0 Å². The molecule has 0 amide bonds. The Morgan fingerprint density at radius 3 is 3.06 bits per heavy atom. The van der Waals surface area contributed by atoms with Crippen molar-refractivity contribution in [3.63, 3.8) is 0 Å². The average molecular weight is 268 g/mol. The highest BCUT2D eigenvalue weighted by Crippen LogP contribution is 2.16. The minimum atomic E-state index is -1.08. The van der Waals surface area contributed by atoms with Gasteiger partial charge in [0.2, 0.25) is 5.88 Å². The molecule has 17 heavy (non-hydrogen) atoms. The van der Waals surface area contributed by atoms with Crippen molar-refractivity contribution in [2.75, 3.05) is 6.61 Å². The van der Waals surface area contributed by atoms with E-state index >= 15 is 0 Å². The van der Waals surface area contributed by atoms with Crippen LogP contribution in [0.4, 0.5) is 0 Å². The molecule has 0 saturated heterocycles. The average Bonchev–Trinajstić information content (AvgIpc) is 2.83. The second kappa shape index (κ2) is 5.88. The van der Waals surface area contributed by atoms with Gasteiger partial charge in [0.15, 0.2) is 0 Å². The van der Waals surface area contributed by atoms with Gasteiger partial charge in [-0.2, -0.15) is 4.98 Å². The Bertz CT molecular complexity index is 500. The molecule has 6 heteroatoms. The Kier molecular flexibility index (Phi) is 4.22. The maximum Gasteiger partial charge on any atom is 0.216 e. The zero-order chi connectivity index (χ0) is 12.1. The van der Waals surface area contributed by atoms with E-state index in [0.717, 1.165) is 4.21 Å². The van der Waals surface area contributed by atoms with Crippen LogP contribution in [0.5, 0.6) is 5.88 Å². The summed E-state index contributed by atoms with van der Waals surface area (Å²) in [6.45, 7) is 2.45. The molecule has 2 aromatic rings. The summed E-state index contributed by atoms with van der Waals surface area (Å²) in [6, 6.07) is 5.43. The smallest absolute Gasteiger partial charge is 0.216 e. The van der Waals surface area contributed by atoms with Crippen LogP contribution in [0.2, 0.25) is 0 Å². The fourth-order valence-electron chi connectivity index (χ4n) is 1.26. The number of aromatic nitrogens is 2. The SMILES string of the molecule is CCOc1ccnc(CS(=O)c2cccs2)n1. The number of ether oxygens (including phenoxy) is 1. The maximum atomic E-state index is 11.9. The van der Waals surface area contributed by atoms with E-state index in [0.29, 0.717) is 24.1 Å². The molecular weight excluding hydrogens is 256 g/mol. The summed E-state index contributed by atoms with van der Waals surface area (Å²) in [5, 5.41) is 1.91. The topological polar surface area (TPSA) is 52.1 Å².